The standard InChI is InChI=1S/C15H10O2.C6H16O3Si/c16-15(17)14-12-7-3-1-5-10(12)9-11-6-2-4-8-13(11)14;1-5-6-10(7-2,8-3)9-4/h1-9H,(H,16,17);5-6H2,1-4H3. The topological polar surface area (TPSA) is 65.0 Å². The summed E-state index contributed by atoms with van der Waals surface area (Å²) in [7, 11) is 2.68. The molecule has 0 amide bonds. The summed E-state index contributed by atoms with van der Waals surface area (Å²) in [6.45, 7) is 2.08. The Labute approximate surface area is 160 Å². The largest absolute Gasteiger partial charge is 0.500 e. The van der Waals surface area contributed by atoms with Crippen LogP contribution in [0.2, 0.25) is 6.04 Å². The van der Waals surface area contributed by atoms with Crippen LogP contribution in [0.4, 0.5) is 0 Å². The van der Waals surface area contributed by atoms with E-state index in [0.717, 1.165) is 34.0 Å². The molecule has 1 N–H and O–H groups in total. The number of hydrogen-bond donors (Lipinski definition) is 1. The molecule has 0 aliphatic heterocycles. The Morgan fingerprint density at radius 2 is 1.33 bits per heavy atom. The normalized spacial score (nSPS) is 11.3. The molecule has 144 valence electrons. The molecule has 0 aliphatic rings. The monoisotopic (exact) mass is 386 g/mol. The molecule has 3 aromatic rings. The van der Waals surface area contributed by atoms with E-state index in [1.165, 1.54) is 0 Å². The van der Waals surface area contributed by atoms with Gasteiger partial charge in [0.2, 0.25) is 0 Å². The van der Waals surface area contributed by atoms with Gasteiger partial charge in [0.05, 0.1) is 5.56 Å². The maximum Gasteiger partial charge on any atom is 0.500 e. The van der Waals surface area contributed by atoms with Crippen LogP contribution in [-0.2, 0) is 13.3 Å². The molecule has 6 heteroatoms. The summed E-state index contributed by atoms with van der Waals surface area (Å²) in [6, 6.07) is 18.1. The number of benzene rings is 3. The zero-order valence-electron chi connectivity index (χ0n) is 16.2. The summed E-state index contributed by atoms with van der Waals surface area (Å²) in [5, 5.41) is 12.9. The highest BCUT2D eigenvalue weighted by atomic mass is 28.4. The van der Waals surface area contributed by atoms with Crippen molar-refractivity contribution >= 4 is 36.3 Å². The lowest BCUT2D eigenvalue weighted by Gasteiger charge is -2.23. The Kier molecular flexibility index (Phi) is 7.50. The van der Waals surface area contributed by atoms with Gasteiger partial charge in [-0.2, -0.15) is 0 Å². The van der Waals surface area contributed by atoms with E-state index in [0.29, 0.717) is 5.56 Å². The van der Waals surface area contributed by atoms with Crippen molar-refractivity contribution in [3.05, 3.63) is 60.2 Å². The third-order valence-electron chi connectivity index (χ3n) is 4.47. The fraction of sp³-hybridized carbons (Fsp3) is 0.286. The minimum Gasteiger partial charge on any atom is -0.478 e. The fourth-order valence-corrected chi connectivity index (χ4v) is 4.83. The molecular formula is C21H26O5Si. The van der Waals surface area contributed by atoms with Crippen molar-refractivity contribution in [2.75, 3.05) is 21.3 Å². The Bertz CT molecular complexity index is 843. The molecule has 0 radical (unpaired) electrons. The van der Waals surface area contributed by atoms with Crippen molar-refractivity contribution in [1.29, 1.82) is 0 Å². The van der Waals surface area contributed by atoms with Crippen LogP contribution in [-0.4, -0.2) is 41.2 Å². The summed E-state index contributed by atoms with van der Waals surface area (Å²) in [5.41, 5.74) is 0.388. The smallest absolute Gasteiger partial charge is 0.478 e. The molecule has 3 rings (SSSR count). The van der Waals surface area contributed by atoms with Gasteiger partial charge in [0.25, 0.3) is 0 Å². The number of fused-ring (bicyclic) bond motifs is 2. The first-order valence-corrected chi connectivity index (χ1v) is 10.7. The number of rotatable bonds is 6. The van der Waals surface area contributed by atoms with Crippen LogP contribution in [0.25, 0.3) is 21.5 Å². The van der Waals surface area contributed by atoms with Crippen LogP contribution < -0.4 is 0 Å². The molecule has 27 heavy (non-hydrogen) atoms. The summed E-state index contributed by atoms with van der Waals surface area (Å²) in [4.78, 5) is 11.4. The third-order valence-corrected chi connectivity index (χ3v) is 7.45. The van der Waals surface area contributed by atoms with Crippen LogP contribution in [0.5, 0.6) is 0 Å². The van der Waals surface area contributed by atoms with Gasteiger partial charge in [-0.25, -0.2) is 4.79 Å². The lowest BCUT2D eigenvalue weighted by molar-refractivity contribution is 0.0701. The predicted molar refractivity (Wildman–Crippen MR) is 110 cm³/mol. The highest BCUT2D eigenvalue weighted by molar-refractivity contribution is 6.60. The van der Waals surface area contributed by atoms with Crippen LogP contribution in [0.1, 0.15) is 23.7 Å². The first-order chi connectivity index (χ1) is 13.0. The molecule has 0 heterocycles. The first-order valence-electron chi connectivity index (χ1n) is 8.81. The molecule has 0 saturated heterocycles. The number of aromatic carboxylic acids is 1. The van der Waals surface area contributed by atoms with Gasteiger partial charge in [0.1, 0.15) is 0 Å². The fourth-order valence-electron chi connectivity index (χ4n) is 3.11. The van der Waals surface area contributed by atoms with E-state index >= 15 is 0 Å². The van der Waals surface area contributed by atoms with E-state index < -0.39 is 14.8 Å². The molecule has 0 spiro atoms. The predicted octanol–water partition coefficient (Wildman–Crippen LogP) is 4.97. The summed E-state index contributed by atoms with van der Waals surface area (Å²) in [6.07, 6.45) is 1.03. The van der Waals surface area contributed by atoms with E-state index in [9.17, 15) is 9.90 Å². The van der Waals surface area contributed by atoms with Gasteiger partial charge in [-0.1, -0.05) is 61.9 Å². The van der Waals surface area contributed by atoms with E-state index in [1.54, 1.807) is 21.3 Å². The van der Waals surface area contributed by atoms with Crippen LogP contribution >= 0.6 is 0 Å². The number of carbonyl (C=O) groups is 1. The molecule has 0 aliphatic carbocycles. The molecular weight excluding hydrogens is 360 g/mol. The van der Waals surface area contributed by atoms with E-state index in [1.807, 2.05) is 54.6 Å². The minimum atomic E-state index is -2.22. The Balaban J connectivity index is 0.000000227. The Hall–Kier alpha value is -2.25. The lowest BCUT2D eigenvalue weighted by Crippen LogP contribution is -2.42. The maximum atomic E-state index is 11.4. The average molecular weight is 387 g/mol. The SMILES string of the molecule is CCC[Si](OC)(OC)OC.O=C(O)c1c2ccccc2cc2ccccc12. The minimum absolute atomic E-state index is 0.388. The number of carboxylic acids is 1. The zero-order valence-corrected chi connectivity index (χ0v) is 17.2. The average Bonchev–Trinajstić information content (AvgIpc) is 2.70. The summed E-state index contributed by atoms with van der Waals surface area (Å²) < 4.78 is 15.5. The molecule has 0 fully saturated rings. The van der Waals surface area contributed by atoms with Gasteiger partial charge >= 0.3 is 14.8 Å². The van der Waals surface area contributed by atoms with E-state index in [4.69, 9.17) is 13.3 Å². The van der Waals surface area contributed by atoms with Crippen LogP contribution in [0.15, 0.2) is 54.6 Å². The van der Waals surface area contributed by atoms with Gasteiger partial charge in [0.15, 0.2) is 0 Å². The molecule has 0 aromatic heterocycles. The summed E-state index contributed by atoms with van der Waals surface area (Å²) >= 11 is 0. The van der Waals surface area contributed by atoms with Gasteiger partial charge in [-0.3, -0.25) is 0 Å². The highest BCUT2D eigenvalue weighted by Gasteiger charge is 2.36. The van der Waals surface area contributed by atoms with Crippen molar-refractivity contribution < 1.29 is 23.2 Å². The van der Waals surface area contributed by atoms with Gasteiger partial charge in [0, 0.05) is 27.4 Å². The zero-order chi connectivity index (χ0) is 19.9. The van der Waals surface area contributed by atoms with Crippen molar-refractivity contribution in [1.82, 2.24) is 0 Å². The van der Waals surface area contributed by atoms with Crippen molar-refractivity contribution in [3.8, 4) is 0 Å². The van der Waals surface area contributed by atoms with Crippen molar-refractivity contribution in [3.63, 3.8) is 0 Å². The van der Waals surface area contributed by atoms with Gasteiger partial charge < -0.3 is 18.4 Å². The second-order valence-corrected chi connectivity index (χ2v) is 9.14. The first kappa shape index (κ1) is 21.1. The van der Waals surface area contributed by atoms with Gasteiger partial charge in [-0.05, 0) is 27.6 Å². The van der Waals surface area contributed by atoms with Crippen LogP contribution in [0.3, 0.4) is 0 Å². The molecule has 3 aromatic carbocycles. The van der Waals surface area contributed by atoms with Crippen LogP contribution in [0, 0.1) is 0 Å². The highest BCUT2D eigenvalue weighted by Crippen LogP contribution is 2.28. The quantitative estimate of drug-likeness (QED) is 0.479. The summed E-state index contributed by atoms with van der Waals surface area (Å²) in [5.74, 6) is -0.877. The molecule has 0 atom stereocenters. The lowest BCUT2D eigenvalue weighted by atomic mass is 9.97. The number of carboxylic acid groups (broad SMARTS) is 1. The molecule has 5 nitrogen and oxygen atoms in total. The third kappa shape index (κ3) is 4.73. The molecule has 0 bridgehead atoms. The van der Waals surface area contributed by atoms with E-state index in [2.05, 4.69) is 6.92 Å². The van der Waals surface area contributed by atoms with Gasteiger partial charge in [-0.15, -0.1) is 0 Å². The Morgan fingerprint density at radius 3 is 1.67 bits per heavy atom. The molecule has 0 unspecified atom stereocenters. The Morgan fingerprint density at radius 1 is 0.889 bits per heavy atom. The van der Waals surface area contributed by atoms with Crippen molar-refractivity contribution in [2.24, 2.45) is 0 Å². The van der Waals surface area contributed by atoms with Crippen molar-refractivity contribution in [2.45, 2.75) is 19.4 Å². The van der Waals surface area contributed by atoms with E-state index in [-0.39, 0.29) is 0 Å². The number of hydrogen-bond acceptors (Lipinski definition) is 4. The maximum absolute atomic E-state index is 11.4. The second kappa shape index (κ2) is 9.62. The second-order valence-electron chi connectivity index (χ2n) is 6.04. The molecule has 0 saturated carbocycles.